The summed E-state index contributed by atoms with van der Waals surface area (Å²) in [7, 11) is -3.93. The van der Waals surface area contributed by atoms with Gasteiger partial charge in [0, 0.05) is 5.69 Å². The Labute approximate surface area is 132 Å². The van der Waals surface area contributed by atoms with Crippen LogP contribution in [0.2, 0.25) is 10.0 Å². The number of benzene rings is 2. The maximum absolute atomic E-state index is 12.3. The van der Waals surface area contributed by atoms with E-state index in [1.807, 2.05) is 0 Å². The van der Waals surface area contributed by atoms with Crippen molar-refractivity contribution in [2.24, 2.45) is 0 Å². The summed E-state index contributed by atoms with van der Waals surface area (Å²) in [5.74, 6) is 0. The minimum absolute atomic E-state index is 0.0393. The van der Waals surface area contributed by atoms with Gasteiger partial charge >= 0.3 is 0 Å². The summed E-state index contributed by atoms with van der Waals surface area (Å²) < 4.78 is 27.0. The van der Waals surface area contributed by atoms with Gasteiger partial charge in [-0.05, 0) is 36.4 Å². The summed E-state index contributed by atoms with van der Waals surface area (Å²) in [4.78, 5) is -0.162. The number of hydrogen-bond donors (Lipinski definition) is 2. The standard InChI is InChI=1S/C13H9Cl2N3O2S/c14-11-3-2-10(6-12(11)15)18-21(19,20)13-4-1-9(17)5-8(13)7-16/h1-6,18H,17H2. The van der Waals surface area contributed by atoms with Gasteiger partial charge in [-0.1, -0.05) is 23.2 Å². The molecule has 2 aromatic rings. The second kappa shape index (κ2) is 5.82. The Morgan fingerprint density at radius 3 is 2.43 bits per heavy atom. The van der Waals surface area contributed by atoms with Crippen LogP contribution in [-0.2, 0) is 10.0 Å². The van der Waals surface area contributed by atoms with Gasteiger partial charge in [0.15, 0.2) is 0 Å². The predicted octanol–water partition coefficient (Wildman–Crippen LogP) is 3.25. The van der Waals surface area contributed by atoms with Crippen molar-refractivity contribution in [2.75, 3.05) is 10.5 Å². The SMILES string of the molecule is N#Cc1cc(N)ccc1S(=O)(=O)Nc1ccc(Cl)c(Cl)c1. The maximum atomic E-state index is 12.3. The summed E-state index contributed by atoms with van der Waals surface area (Å²) in [5.41, 5.74) is 6.04. The molecule has 0 bridgehead atoms. The Balaban J connectivity index is 2.43. The molecular formula is C13H9Cl2N3O2S. The van der Waals surface area contributed by atoms with E-state index in [4.69, 9.17) is 34.2 Å². The number of nitriles is 1. The van der Waals surface area contributed by atoms with Crippen molar-refractivity contribution in [3.05, 3.63) is 52.0 Å². The number of nitrogens with two attached hydrogens (primary N) is 1. The number of nitrogens with zero attached hydrogens (tertiary/aromatic N) is 1. The van der Waals surface area contributed by atoms with E-state index in [0.717, 1.165) is 0 Å². The highest BCUT2D eigenvalue weighted by Gasteiger charge is 2.19. The molecule has 2 aromatic carbocycles. The van der Waals surface area contributed by atoms with Crippen LogP contribution in [0.3, 0.4) is 0 Å². The maximum Gasteiger partial charge on any atom is 0.263 e. The third-order valence-electron chi connectivity index (χ3n) is 2.59. The lowest BCUT2D eigenvalue weighted by atomic mass is 10.2. The minimum Gasteiger partial charge on any atom is -0.399 e. The van der Waals surface area contributed by atoms with Crippen LogP contribution < -0.4 is 10.5 Å². The Morgan fingerprint density at radius 2 is 1.81 bits per heavy atom. The molecule has 3 N–H and O–H groups in total. The minimum atomic E-state index is -3.93. The van der Waals surface area contributed by atoms with Crippen LogP contribution >= 0.6 is 23.2 Å². The summed E-state index contributed by atoms with van der Waals surface area (Å²) in [6.45, 7) is 0. The van der Waals surface area contributed by atoms with Gasteiger partial charge in [-0.15, -0.1) is 0 Å². The van der Waals surface area contributed by atoms with Crippen molar-refractivity contribution in [2.45, 2.75) is 4.90 Å². The molecule has 8 heteroatoms. The first-order valence-corrected chi connectivity index (χ1v) is 7.85. The second-order valence-electron chi connectivity index (χ2n) is 4.10. The van der Waals surface area contributed by atoms with Gasteiger partial charge < -0.3 is 5.73 Å². The molecule has 0 aliphatic rings. The lowest BCUT2D eigenvalue weighted by Gasteiger charge is -2.10. The first-order valence-electron chi connectivity index (χ1n) is 5.61. The highest BCUT2D eigenvalue weighted by atomic mass is 35.5. The predicted molar refractivity (Wildman–Crippen MR) is 82.8 cm³/mol. The molecule has 5 nitrogen and oxygen atoms in total. The molecular weight excluding hydrogens is 333 g/mol. The molecule has 0 aromatic heterocycles. The van der Waals surface area contributed by atoms with Crippen LogP contribution in [0.5, 0.6) is 0 Å². The van der Waals surface area contributed by atoms with Gasteiger partial charge in [0.2, 0.25) is 0 Å². The van der Waals surface area contributed by atoms with E-state index in [2.05, 4.69) is 4.72 Å². The van der Waals surface area contributed by atoms with Gasteiger partial charge in [-0.2, -0.15) is 5.26 Å². The average molecular weight is 342 g/mol. The zero-order valence-electron chi connectivity index (χ0n) is 10.5. The summed E-state index contributed by atoms with van der Waals surface area (Å²) >= 11 is 11.6. The van der Waals surface area contributed by atoms with Crippen LogP contribution in [0, 0.1) is 11.3 Å². The van der Waals surface area contributed by atoms with Crippen LogP contribution in [0.25, 0.3) is 0 Å². The number of hydrogen-bond acceptors (Lipinski definition) is 4. The Hall–Kier alpha value is -1.94. The Morgan fingerprint density at radius 1 is 1.10 bits per heavy atom. The highest BCUT2D eigenvalue weighted by molar-refractivity contribution is 7.92. The zero-order chi connectivity index (χ0) is 15.6. The monoisotopic (exact) mass is 341 g/mol. The molecule has 0 radical (unpaired) electrons. The smallest absolute Gasteiger partial charge is 0.263 e. The largest absolute Gasteiger partial charge is 0.399 e. The van der Waals surface area contributed by atoms with Crippen LogP contribution in [0.1, 0.15) is 5.56 Å². The second-order valence-corrected chi connectivity index (χ2v) is 6.57. The topological polar surface area (TPSA) is 96.0 Å². The molecule has 0 saturated carbocycles. The molecule has 0 saturated heterocycles. The number of halogens is 2. The quantitative estimate of drug-likeness (QED) is 0.837. The third kappa shape index (κ3) is 3.39. The molecule has 0 aliphatic carbocycles. The van der Waals surface area contributed by atoms with Gasteiger partial charge in [-0.25, -0.2) is 8.42 Å². The molecule has 2 rings (SSSR count). The van der Waals surface area contributed by atoms with Crippen LogP contribution in [0.4, 0.5) is 11.4 Å². The third-order valence-corrected chi connectivity index (χ3v) is 4.76. The van der Waals surface area contributed by atoms with Crippen LogP contribution in [-0.4, -0.2) is 8.42 Å². The number of anilines is 2. The van der Waals surface area contributed by atoms with E-state index >= 15 is 0 Å². The normalized spacial score (nSPS) is 10.9. The van der Waals surface area contributed by atoms with Gasteiger partial charge in [0.05, 0.1) is 21.3 Å². The van der Waals surface area contributed by atoms with Gasteiger partial charge in [0.25, 0.3) is 10.0 Å². The lowest BCUT2D eigenvalue weighted by molar-refractivity contribution is 0.601. The van der Waals surface area contributed by atoms with E-state index < -0.39 is 10.0 Å². The van der Waals surface area contributed by atoms with Crippen LogP contribution in [0.15, 0.2) is 41.3 Å². The van der Waals surface area contributed by atoms with E-state index in [-0.39, 0.29) is 21.2 Å². The first kappa shape index (κ1) is 15.4. The van der Waals surface area contributed by atoms with Crippen molar-refractivity contribution in [3.8, 4) is 6.07 Å². The summed E-state index contributed by atoms with van der Waals surface area (Å²) in [6, 6.07) is 10.1. The Kier molecular flexibility index (Phi) is 4.28. The molecule has 0 unspecified atom stereocenters. The molecule has 21 heavy (non-hydrogen) atoms. The van der Waals surface area contributed by atoms with Crippen molar-refractivity contribution in [1.29, 1.82) is 5.26 Å². The van der Waals surface area contributed by atoms with E-state index in [9.17, 15) is 8.42 Å². The van der Waals surface area contributed by atoms with Crippen molar-refractivity contribution in [3.63, 3.8) is 0 Å². The number of nitrogen functional groups attached to an aromatic ring is 1. The fraction of sp³-hybridized carbons (Fsp3) is 0. The fourth-order valence-corrected chi connectivity index (χ4v) is 3.13. The summed E-state index contributed by atoms with van der Waals surface area (Å²) in [5, 5.41) is 9.54. The molecule has 0 atom stereocenters. The summed E-state index contributed by atoms with van der Waals surface area (Å²) in [6.07, 6.45) is 0. The lowest BCUT2D eigenvalue weighted by Crippen LogP contribution is -2.14. The number of rotatable bonds is 3. The average Bonchev–Trinajstić information content (AvgIpc) is 2.42. The Bertz CT molecular complexity index is 845. The van der Waals surface area contributed by atoms with Gasteiger partial charge in [-0.3, -0.25) is 4.72 Å². The molecule has 0 fully saturated rings. The first-order chi connectivity index (χ1) is 9.83. The zero-order valence-corrected chi connectivity index (χ0v) is 12.8. The van der Waals surface area contributed by atoms with E-state index in [1.54, 1.807) is 6.07 Å². The van der Waals surface area contributed by atoms with Crippen molar-refractivity contribution < 1.29 is 8.42 Å². The van der Waals surface area contributed by atoms with Crippen molar-refractivity contribution in [1.82, 2.24) is 0 Å². The fourth-order valence-electron chi connectivity index (χ4n) is 1.64. The van der Waals surface area contributed by atoms with E-state index in [0.29, 0.717) is 10.7 Å². The molecule has 0 amide bonds. The molecule has 0 aliphatic heterocycles. The van der Waals surface area contributed by atoms with Gasteiger partial charge in [0.1, 0.15) is 11.0 Å². The van der Waals surface area contributed by atoms with E-state index in [1.165, 1.54) is 36.4 Å². The number of sulfonamides is 1. The molecule has 108 valence electrons. The number of nitrogens with one attached hydrogen (secondary N) is 1. The molecule has 0 heterocycles. The van der Waals surface area contributed by atoms with Crippen molar-refractivity contribution >= 4 is 44.6 Å². The molecule has 0 spiro atoms. The highest BCUT2D eigenvalue weighted by Crippen LogP contribution is 2.27.